The molecule has 0 fully saturated rings. The molecule has 0 saturated heterocycles. The van der Waals surface area contributed by atoms with Gasteiger partial charge in [0.2, 0.25) is 5.91 Å². The Hall–Kier alpha value is -1.54. The highest BCUT2D eigenvalue weighted by Gasteiger charge is 2.23. The lowest BCUT2D eigenvalue weighted by Gasteiger charge is -2.29. The molecule has 0 aromatic carbocycles. The van der Waals surface area contributed by atoms with Gasteiger partial charge in [-0.3, -0.25) is 9.36 Å². The number of hydrogen-bond acceptors (Lipinski definition) is 6. The van der Waals surface area contributed by atoms with Crippen molar-refractivity contribution in [3.63, 3.8) is 0 Å². The average Bonchev–Trinajstić information content (AvgIpc) is 3.12. The Kier molecular flexibility index (Phi) is 36.0. The number of phosphoric ester groups is 1. The molecule has 0 aliphatic heterocycles. The highest BCUT2D eigenvalue weighted by atomic mass is 31.2. The number of rotatable bonds is 39. The standard InChI is InChI=1S/C45H85N2O6P/c1-6-8-10-12-14-16-18-19-20-21-22-23-24-25-26-27-29-30-32-34-36-38-44(48)43(42-53-54(50,51)52-41-40-47(3,4)5)46-45(49)39-37-35-33-31-28-17-15-13-11-9-7-2/h13,15,24-25,29-30,36,38,43-44,48H,6-12,14,16-23,26-28,31-35,37,39-42H2,1-5H3,(H-,46,49,50,51)/b15-13-,25-24+,30-29+,38-36+. The largest absolute Gasteiger partial charge is 0.756 e. The van der Waals surface area contributed by atoms with Crippen molar-refractivity contribution < 1.29 is 32.9 Å². The van der Waals surface area contributed by atoms with Crippen molar-refractivity contribution in [3.05, 3.63) is 48.6 Å². The summed E-state index contributed by atoms with van der Waals surface area (Å²) in [5.74, 6) is -0.225. The van der Waals surface area contributed by atoms with E-state index in [1.165, 1.54) is 89.9 Å². The van der Waals surface area contributed by atoms with E-state index in [0.29, 0.717) is 17.4 Å². The van der Waals surface area contributed by atoms with Gasteiger partial charge in [-0.1, -0.05) is 159 Å². The molecule has 3 unspecified atom stereocenters. The van der Waals surface area contributed by atoms with Crippen molar-refractivity contribution in [2.75, 3.05) is 40.9 Å². The molecule has 0 aromatic heterocycles. The van der Waals surface area contributed by atoms with E-state index >= 15 is 0 Å². The summed E-state index contributed by atoms with van der Waals surface area (Å²) >= 11 is 0. The van der Waals surface area contributed by atoms with Crippen LogP contribution in [0.1, 0.15) is 181 Å². The van der Waals surface area contributed by atoms with E-state index < -0.39 is 26.6 Å². The first-order valence-corrected chi connectivity index (χ1v) is 23.5. The van der Waals surface area contributed by atoms with Crippen LogP contribution in [0.3, 0.4) is 0 Å². The van der Waals surface area contributed by atoms with Crippen molar-refractivity contribution in [2.24, 2.45) is 0 Å². The number of quaternary nitrogens is 1. The highest BCUT2D eigenvalue weighted by molar-refractivity contribution is 7.45. The van der Waals surface area contributed by atoms with E-state index in [1.807, 2.05) is 27.2 Å². The van der Waals surface area contributed by atoms with Crippen molar-refractivity contribution in [1.82, 2.24) is 5.32 Å². The van der Waals surface area contributed by atoms with E-state index in [4.69, 9.17) is 9.05 Å². The molecule has 2 N–H and O–H groups in total. The lowest BCUT2D eigenvalue weighted by atomic mass is 10.1. The normalized spacial score (nSPS) is 14.9. The topological polar surface area (TPSA) is 108 Å². The molecule has 0 aliphatic carbocycles. The van der Waals surface area contributed by atoms with Crippen molar-refractivity contribution in [3.8, 4) is 0 Å². The number of carbonyl (C=O) groups is 1. The molecule has 0 rings (SSSR count). The van der Waals surface area contributed by atoms with Crippen molar-refractivity contribution >= 4 is 13.7 Å². The van der Waals surface area contributed by atoms with E-state index in [9.17, 15) is 19.4 Å². The van der Waals surface area contributed by atoms with E-state index in [0.717, 1.165) is 70.6 Å². The number of allylic oxidation sites excluding steroid dienone is 7. The first-order chi connectivity index (χ1) is 26.0. The molecule has 1 amide bonds. The van der Waals surface area contributed by atoms with Gasteiger partial charge in [0.15, 0.2) is 0 Å². The van der Waals surface area contributed by atoms with Gasteiger partial charge in [-0.25, -0.2) is 0 Å². The molecule has 0 saturated carbocycles. The fourth-order valence-corrected chi connectivity index (χ4v) is 6.65. The van der Waals surface area contributed by atoms with Gasteiger partial charge in [-0.2, -0.15) is 0 Å². The van der Waals surface area contributed by atoms with Gasteiger partial charge >= 0.3 is 0 Å². The summed E-state index contributed by atoms with van der Waals surface area (Å²) < 4.78 is 23.1. The zero-order chi connectivity index (χ0) is 40.0. The maximum absolute atomic E-state index is 12.8. The molecule has 8 nitrogen and oxygen atoms in total. The number of aliphatic hydroxyl groups is 1. The number of aliphatic hydroxyl groups excluding tert-OH is 1. The molecular weight excluding hydrogens is 695 g/mol. The molecular formula is C45H85N2O6P. The SMILES string of the molecule is CCCC/C=C\CCCCCCCC(=O)NC(COP(=O)([O-])OCC[N+](C)(C)C)C(O)/C=C/CC/C=C/CC/C=C/CCCCCCCCCCCCC. The average molecular weight is 781 g/mol. The van der Waals surface area contributed by atoms with Crippen molar-refractivity contribution in [1.29, 1.82) is 0 Å². The molecule has 0 aliphatic rings. The van der Waals surface area contributed by atoms with Crippen LogP contribution in [0.2, 0.25) is 0 Å². The van der Waals surface area contributed by atoms with Crippen LogP contribution in [0.5, 0.6) is 0 Å². The summed E-state index contributed by atoms with van der Waals surface area (Å²) in [6.45, 7) is 4.55. The maximum Gasteiger partial charge on any atom is 0.268 e. The molecule has 9 heteroatoms. The zero-order valence-corrected chi connectivity index (χ0v) is 36.6. The van der Waals surface area contributed by atoms with Crippen LogP contribution in [0.15, 0.2) is 48.6 Å². The van der Waals surface area contributed by atoms with Crippen LogP contribution >= 0.6 is 7.82 Å². The molecule has 3 atom stereocenters. The van der Waals surface area contributed by atoms with E-state index in [-0.39, 0.29) is 12.5 Å². The minimum absolute atomic E-state index is 0.0118. The van der Waals surface area contributed by atoms with Crippen LogP contribution in [0, 0.1) is 0 Å². The first-order valence-electron chi connectivity index (χ1n) is 22.0. The number of amides is 1. The smallest absolute Gasteiger partial charge is 0.268 e. The van der Waals surface area contributed by atoms with Gasteiger partial charge in [0.25, 0.3) is 7.82 Å². The van der Waals surface area contributed by atoms with Crippen LogP contribution in [0.25, 0.3) is 0 Å². The van der Waals surface area contributed by atoms with Crippen LogP contribution < -0.4 is 10.2 Å². The predicted octanol–water partition coefficient (Wildman–Crippen LogP) is 11.4. The van der Waals surface area contributed by atoms with Crippen LogP contribution in [0.4, 0.5) is 0 Å². The molecule has 316 valence electrons. The van der Waals surface area contributed by atoms with Gasteiger partial charge < -0.3 is 28.8 Å². The van der Waals surface area contributed by atoms with Crippen LogP contribution in [-0.4, -0.2) is 68.5 Å². The Morgan fingerprint density at radius 2 is 1.06 bits per heavy atom. The number of nitrogens with one attached hydrogen (secondary N) is 1. The summed E-state index contributed by atoms with van der Waals surface area (Å²) in [5, 5.41) is 13.7. The molecule has 0 bridgehead atoms. The number of phosphoric acid groups is 1. The number of nitrogens with zero attached hydrogens (tertiary/aromatic N) is 1. The second-order valence-corrected chi connectivity index (χ2v) is 17.4. The third-order valence-electron chi connectivity index (χ3n) is 9.49. The quantitative estimate of drug-likeness (QED) is 0.0278. The summed E-state index contributed by atoms with van der Waals surface area (Å²) in [5.41, 5.74) is 0. The van der Waals surface area contributed by atoms with Gasteiger partial charge in [0, 0.05) is 6.42 Å². The fraction of sp³-hybridized carbons (Fsp3) is 0.800. The Balaban J connectivity index is 4.48. The lowest BCUT2D eigenvalue weighted by Crippen LogP contribution is -2.45. The number of unbranched alkanes of at least 4 members (excludes halogenated alkanes) is 20. The third-order valence-corrected chi connectivity index (χ3v) is 10.5. The zero-order valence-electron chi connectivity index (χ0n) is 35.7. The third kappa shape index (κ3) is 38.7. The Labute approximate surface area is 333 Å². The molecule has 0 radical (unpaired) electrons. The monoisotopic (exact) mass is 781 g/mol. The summed E-state index contributed by atoms with van der Waals surface area (Å²) in [6.07, 6.45) is 46.0. The summed E-state index contributed by atoms with van der Waals surface area (Å²) in [6, 6.07) is -0.912. The van der Waals surface area contributed by atoms with Gasteiger partial charge in [0.1, 0.15) is 13.2 Å². The molecule has 0 heterocycles. The summed E-state index contributed by atoms with van der Waals surface area (Å²) in [4.78, 5) is 25.2. The Morgan fingerprint density at radius 3 is 1.56 bits per heavy atom. The second-order valence-electron chi connectivity index (χ2n) is 16.0. The maximum atomic E-state index is 12.8. The predicted molar refractivity (Wildman–Crippen MR) is 228 cm³/mol. The molecule has 0 aromatic rings. The van der Waals surface area contributed by atoms with Gasteiger partial charge in [-0.15, -0.1) is 0 Å². The van der Waals surface area contributed by atoms with Crippen LogP contribution in [-0.2, 0) is 18.4 Å². The van der Waals surface area contributed by atoms with Gasteiger partial charge in [0.05, 0.1) is 39.9 Å². The Bertz CT molecular complexity index is 1020. The molecule has 0 spiro atoms. The minimum Gasteiger partial charge on any atom is -0.756 e. The lowest BCUT2D eigenvalue weighted by molar-refractivity contribution is -0.870. The van der Waals surface area contributed by atoms with E-state index in [2.05, 4.69) is 55.6 Å². The minimum atomic E-state index is -4.60. The Morgan fingerprint density at radius 1 is 0.630 bits per heavy atom. The molecule has 54 heavy (non-hydrogen) atoms. The number of carbonyl (C=O) groups excluding carboxylic acids is 1. The number of hydrogen-bond donors (Lipinski definition) is 2. The fourth-order valence-electron chi connectivity index (χ4n) is 5.93. The van der Waals surface area contributed by atoms with Gasteiger partial charge in [-0.05, 0) is 64.2 Å². The second kappa shape index (κ2) is 37.1. The first kappa shape index (κ1) is 52.5. The van der Waals surface area contributed by atoms with E-state index in [1.54, 1.807) is 6.08 Å². The summed E-state index contributed by atoms with van der Waals surface area (Å²) in [7, 11) is 1.22. The number of likely N-dealkylation sites (N-methyl/N-ethyl adjacent to an activating group) is 1. The van der Waals surface area contributed by atoms with Crippen molar-refractivity contribution in [2.45, 2.75) is 193 Å². The highest BCUT2D eigenvalue weighted by Crippen LogP contribution is 2.38.